The molecule has 0 spiro atoms. The number of unbranched alkanes of at least 4 members (excludes halogenated alkanes) is 13. The molecule has 4 heteroatoms. The highest BCUT2D eigenvalue weighted by Crippen LogP contribution is 2.13. The Bertz CT molecular complexity index is 381. The van der Waals surface area contributed by atoms with Crippen molar-refractivity contribution in [3.8, 4) is 0 Å². The molecule has 29 heavy (non-hydrogen) atoms. The zero-order chi connectivity index (χ0) is 21.6. The predicted octanol–water partition coefficient (Wildman–Crippen LogP) is 7.38. The number of carbonyl (C=O) groups excluding carboxylic acids is 2. The molecule has 172 valence electrons. The summed E-state index contributed by atoms with van der Waals surface area (Å²) in [4.78, 5) is 23.2. The Morgan fingerprint density at radius 2 is 1.07 bits per heavy atom. The van der Waals surface area contributed by atoms with Crippen LogP contribution in [0.5, 0.6) is 0 Å². The van der Waals surface area contributed by atoms with Crippen molar-refractivity contribution in [1.82, 2.24) is 0 Å². The summed E-state index contributed by atoms with van der Waals surface area (Å²) in [7, 11) is 0. The highest BCUT2D eigenvalue weighted by Gasteiger charge is 2.13. The van der Waals surface area contributed by atoms with Crippen LogP contribution >= 0.6 is 0 Å². The van der Waals surface area contributed by atoms with E-state index in [-0.39, 0.29) is 6.42 Å². The van der Waals surface area contributed by atoms with E-state index < -0.39 is 11.9 Å². The first-order chi connectivity index (χ1) is 14.1. The molecule has 0 aromatic rings. The van der Waals surface area contributed by atoms with Crippen molar-refractivity contribution in [2.45, 2.75) is 130 Å². The highest BCUT2D eigenvalue weighted by molar-refractivity contribution is 5.91. The molecule has 0 saturated heterocycles. The van der Waals surface area contributed by atoms with Crippen molar-refractivity contribution < 1.29 is 19.1 Å². The third kappa shape index (κ3) is 21.5. The SMILES string of the molecule is CCCCCCCCCCCCCCCCOC(=O)CC(=O)OCC(C)CCC. The van der Waals surface area contributed by atoms with Crippen LogP contribution in [0.4, 0.5) is 0 Å². The Morgan fingerprint density at radius 3 is 1.55 bits per heavy atom. The van der Waals surface area contributed by atoms with Gasteiger partial charge in [0.2, 0.25) is 0 Å². The van der Waals surface area contributed by atoms with E-state index in [0.717, 1.165) is 25.7 Å². The van der Waals surface area contributed by atoms with Crippen LogP contribution in [0.2, 0.25) is 0 Å². The van der Waals surface area contributed by atoms with Crippen molar-refractivity contribution in [3.05, 3.63) is 0 Å². The molecule has 4 nitrogen and oxygen atoms in total. The first-order valence-corrected chi connectivity index (χ1v) is 12.4. The molecule has 0 rings (SSSR count). The second-order valence-electron chi connectivity index (χ2n) is 8.57. The van der Waals surface area contributed by atoms with Gasteiger partial charge in [0, 0.05) is 0 Å². The van der Waals surface area contributed by atoms with E-state index in [2.05, 4.69) is 13.8 Å². The minimum atomic E-state index is -0.473. The molecule has 0 aromatic heterocycles. The number of esters is 2. The van der Waals surface area contributed by atoms with Gasteiger partial charge in [-0.05, 0) is 18.8 Å². The lowest BCUT2D eigenvalue weighted by molar-refractivity contribution is -0.155. The molecule has 0 bridgehead atoms. The lowest BCUT2D eigenvalue weighted by Crippen LogP contribution is -2.17. The van der Waals surface area contributed by atoms with Crippen molar-refractivity contribution in [1.29, 1.82) is 0 Å². The van der Waals surface area contributed by atoms with Crippen LogP contribution in [-0.4, -0.2) is 25.2 Å². The van der Waals surface area contributed by atoms with Crippen LogP contribution in [0.15, 0.2) is 0 Å². The Kier molecular flexibility index (Phi) is 20.9. The third-order valence-corrected chi connectivity index (χ3v) is 5.36. The Morgan fingerprint density at radius 1 is 0.621 bits per heavy atom. The van der Waals surface area contributed by atoms with Crippen LogP contribution in [-0.2, 0) is 19.1 Å². The molecule has 0 saturated carbocycles. The number of hydrogen-bond acceptors (Lipinski definition) is 4. The summed E-state index contributed by atoms with van der Waals surface area (Å²) in [6.07, 6.45) is 20.1. The maximum Gasteiger partial charge on any atom is 0.317 e. The van der Waals surface area contributed by atoms with Gasteiger partial charge in [-0.25, -0.2) is 0 Å². The van der Waals surface area contributed by atoms with Crippen molar-refractivity contribution >= 4 is 11.9 Å². The largest absolute Gasteiger partial charge is 0.465 e. The van der Waals surface area contributed by atoms with Gasteiger partial charge < -0.3 is 9.47 Å². The summed E-state index contributed by atoms with van der Waals surface area (Å²) in [5.74, 6) is -0.595. The fourth-order valence-corrected chi connectivity index (χ4v) is 3.51. The predicted molar refractivity (Wildman–Crippen MR) is 121 cm³/mol. The smallest absolute Gasteiger partial charge is 0.317 e. The molecule has 0 aromatic carbocycles. The van der Waals surface area contributed by atoms with Crippen LogP contribution in [0.3, 0.4) is 0 Å². The minimum Gasteiger partial charge on any atom is -0.465 e. The topological polar surface area (TPSA) is 52.6 Å². The summed E-state index contributed by atoms with van der Waals surface area (Å²) in [5, 5.41) is 0. The van der Waals surface area contributed by atoms with Gasteiger partial charge in [0.25, 0.3) is 0 Å². The maximum atomic E-state index is 11.6. The van der Waals surface area contributed by atoms with Crippen molar-refractivity contribution in [2.75, 3.05) is 13.2 Å². The second kappa shape index (κ2) is 21.6. The van der Waals surface area contributed by atoms with E-state index >= 15 is 0 Å². The van der Waals surface area contributed by atoms with Gasteiger partial charge >= 0.3 is 11.9 Å². The molecule has 0 aliphatic carbocycles. The van der Waals surface area contributed by atoms with Crippen LogP contribution in [0.1, 0.15) is 130 Å². The average Bonchev–Trinajstić information content (AvgIpc) is 2.69. The second-order valence-corrected chi connectivity index (χ2v) is 8.57. The fraction of sp³-hybridized carbons (Fsp3) is 0.920. The van der Waals surface area contributed by atoms with Gasteiger partial charge in [-0.2, -0.15) is 0 Å². The molecule has 0 amide bonds. The van der Waals surface area contributed by atoms with Gasteiger partial charge in [-0.1, -0.05) is 111 Å². The van der Waals surface area contributed by atoms with E-state index in [0.29, 0.717) is 19.1 Å². The highest BCUT2D eigenvalue weighted by atomic mass is 16.6. The van der Waals surface area contributed by atoms with Gasteiger partial charge in [0.1, 0.15) is 6.42 Å². The third-order valence-electron chi connectivity index (χ3n) is 5.36. The number of carbonyl (C=O) groups is 2. The van der Waals surface area contributed by atoms with E-state index in [4.69, 9.17) is 9.47 Å². The Balaban J connectivity index is 3.31. The number of hydrogen-bond donors (Lipinski definition) is 0. The van der Waals surface area contributed by atoms with Crippen molar-refractivity contribution in [2.24, 2.45) is 5.92 Å². The van der Waals surface area contributed by atoms with Crippen LogP contribution < -0.4 is 0 Å². The zero-order valence-corrected chi connectivity index (χ0v) is 19.6. The zero-order valence-electron chi connectivity index (χ0n) is 19.6. The molecule has 0 fully saturated rings. The normalized spacial score (nSPS) is 12.0. The molecule has 1 unspecified atom stereocenters. The first-order valence-electron chi connectivity index (χ1n) is 12.4. The average molecular weight is 413 g/mol. The molecule has 0 aliphatic heterocycles. The molecule has 0 N–H and O–H groups in total. The monoisotopic (exact) mass is 412 g/mol. The summed E-state index contributed by atoms with van der Waals surface area (Å²) < 4.78 is 10.3. The van der Waals surface area contributed by atoms with Crippen LogP contribution in [0, 0.1) is 5.92 Å². The lowest BCUT2D eigenvalue weighted by Gasteiger charge is -2.10. The molecular formula is C25H48O4. The Labute approximate surface area is 180 Å². The summed E-state index contributed by atoms with van der Waals surface area (Å²) >= 11 is 0. The van der Waals surface area contributed by atoms with E-state index in [1.165, 1.54) is 77.0 Å². The molecule has 0 radical (unpaired) electrons. The molecule has 0 aliphatic rings. The Hall–Kier alpha value is -1.06. The van der Waals surface area contributed by atoms with Gasteiger partial charge in [-0.15, -0.1) is 0 Å². The maximum absolute atomic E-state index is 11.6. The first kappa shape index (κ1) is 27.9. The fourth-order valence-electron chi connectivity index (χ4n) is 3.51. The van der Waals surface area contributed by atoms with Crippen molar-refractivity contribution in [3.63, 3.8) is 0 Å². The number of rotatable bonds is 21. The van der Waals surface area contributed by atoms with Crippen LogP contribution in [0.25, 0.3) is 0 Å². The molecular weight excluding hydrogens is 364 g/mol. The molecule has 1 atom stereocenters. The van der Waals surface area contributed by atoms with Gasteiger partial charge in [0.15, 0.2) is 0 Å². The number of ether oxygens (including phenoxy) is 2. The van der Waals surface area contributed by atoms with E-state index in [9.17, 15) is 9.59 Å². The summed E-state index contributed by atoms with van der Waals surface area (Å²) in [6.45, 7) is 7.22. The summed E-state index contributed by atoms with van der Waals surface area (Å²) in [5.41, 5.74) is 0. The van der Waals surface area contributed by atoms with Gasteiger partial charge in [0.05, 0.1) is 13.2 Å². The van der Waals surface area contributed by atoms with E-state index in [1.54, 1.807) is 0 Å². The minimum absolute atomic E-state index is 0.266. The van der Waals surface area contributed by atoms with Gasteiger partial charge in [-0.3, -0.25) is 9.59 Å². The van der Waals surface area contributed by atoms with E-state index in [1.807, 2.05) is 6.92 Å². The molecule has 0 heterocycles. The lowest BCUT2D eigenvalue weighted by atomic mass is 10.0. The summed E-state index contributed by atoms with van der Waals surface area (Å²) in [6, 6.07) is 0. The standard InChI is InChI=1S/C25H48O4/c1-4-6-7-8-9-10-11-12-13-14-15-16-17-18-20-28-24(26)21-25(27)29-22-23(3)19-5-2/h23H,4-22H2,1-3H3. The quantitative estimate of drug-likeness (QED) is 0.112.